The van der Waals surface area contributed by atoms with Gasteiger partial charge in [-0.3, -0.25) is 4.79 Å². The van der Waals surface area contributed by atoms with Crippen LogP contribution in [0.4, 0.5) is 17.1 Å². The number of nitrogens with one attached hydrogen (secondary N) is 1. The molecule has 31 heavy (non-hydrogen) atoms. The molecule has 3 aromatic rings. The molecule has 1 N–H and O–H groups in total. The Morgan fingerprint density at radius 2 is 1.65 bits per heavy atom. The van der Waals surface area contributed by atoms with Gasteiger partial charge in [0.15, 0.2) is 0 Å². The number of hydrogen-bond donors (Lipinski definition) is 1. The lowest BCUT2D eigenvalue weighted by Crippen LogP contribution is -2.31. The van der Waals surface area contributed by atoms with Gasteiger partial charge in [0.2, 0.25) is 0 Å². The highest BCUT2D eigenvalue weighted by atomic mass is 35.5. The Morgan fingerprint density at radius 1 is 0.968 bits per heavy atom. The van der Waals surface area contributed by atoms with Gasteiger partial charge in [-0.25, -0.2) is 0 Å². The molecule has 0 saturated heterocycles. The topological polar surface area (TPSA) is 35.6 Å². The Balaban J connectivity index is 0.00000272. The third kappa shape index (κ3) is 4.92. The highest BCUT2D eigenvalue weighted by Gasteiger charge is 2.27. The van der Waals surface area contributed by atoms with E-state index >= 15 is 0 Å². The maximum Gasteiger partial charge on any atom is 0.258 e. The maximum atomic E-state index is 13.4. The lowest BCUT2D eigenvalue weighted by molar-refractivity contribution is 0.0987. The summed E-state index contributed by atoms with van der Waals surface area (Å²) in [6.45, 7) is 2.82. The highest BCUT2D eigenvalue weighted by molar-refractivity contribution is 6.06. The number of aryl methyl sites for hydroxylation is 1. The van der Waals surface area contributed by atoms with Gasteiger partial charge in [0, 0.05) is 35.2 Å². The summed E-state index contributed by atoms with van der Waals surface area (Å²) in [5.41, 5.74) is 6.21. The standard InChI is InChI=1S/C26H29N3O.ClH/c1-19-9-4-6-11-23(19)27-21-16-14-20(15-17-21)26(30)29-18-8-13-24(28(2)3)22-10-5-7-12-25(22)29;/h4-7,9-12,14-17,24,27H,8,13,18H2,1-3H3;1H. The average molecular weight is 436 g/mol. The Bertz CT molecular complexity index is 1030. The third-order valence-corrected chi connectivity index (χ3v) is 5.87. The number of amides is 1. The first-order valence-corrected chi connectivity index (χ1v) is 10.5. The summed E-state index contributed by atoms with van der Waals surface area (Å²) in [6.07, 6.45) is 2.03. The molecule has 0 radical (unpaired) electrons. The number of carbonyl (C=O) groups is 1. The van der Waals surface area contributed by atoms with E-state index < -0.39 is 0 Å². The van der Waals surface area contributed by atoms with Crippen molar-refractivity contribution in [3.05, 3.63) is 89.5 Å². The van der Waals surface area contributed by atoms with Crippen LogP contribution in [0.5, 0.6) is 0 Å². The number of benzene rings is 3. The van der Waals surface area contributed by atoms with Gasteiger partial charge < -0.3 is 15.1 Å². The SMILES string of the molecule is Cc1ccccc1Nc1ccc(C(=O)N2CCCC(N(C)C)c3ccccc32)cc1.Cl. The van der Waals surface area contributed by atoms with Crippen molar-refractivity contribution in [1.29, 1.82) is 0 Å². The van der Waals surface area contributed by atoms with Crippen LogP contribution in [0.1, 0.15) is 40.4 Å². The fourth-order valence-corrected chi connectivity index (χ4v) is 4.20. The van der Waals surface area contributed by atoms with Crippen LogP contribution in [0.15, 0.2) is 72.8 Å². The summed E-state index contributed by atoms with van der Waals surface area (Å²) in [5.74, 6) is 0.0595. The molecule has 1 atom stereocenters. The third-order valence-electron chi connectivity index (χ3n) is 5.87. The van der Waals surface area contributed by atoms with Crippen molar-refractivity contribution in [3.63, 3.8) is 0 Å². The number of nitrogens with zero attached hydrogens (tertiary/aromatic N) is 2. The molecular formula is C26H30ClN3O. The van der Waals surface area contributed by atoms with Crippen LogP contribution in [0.25, 0.3) is 0 Å². The highest BCUT2D eigenvalue weighted by Crippen LogP contribution is 2.36. The van der Waals surface area contributed by atoms with E-state index in [1.54, 1.807) is 0 Å². The quantitative estimate of drug-likeness (QED) is 0.529. The van der Waals surface area contributed by atoms with E-state index in [0.29, 0.717) is 11.6 Å². The first kappa shape index (κ1) is 22.9. The summed E-state index contributed by atoms with van der Waals surface area (Å²) in [4.78, 5) is 17.6. The molecular weight excluding hydrogens is 406 g/mol. The van der Waals surface area contributed by atoms with Gasteiger partial charge in [0.1, 0.15) is 0 Å². The Kier molecular flexibility index (Phi) is 7.37. The van der Waals surface area contributed by atoms with Crippen LogP contribution < -0.4 is 10.2 Å². The molecule has 5 heteroatoms. The first-order chi connectivity index (χ1) is 14.5. The van der Waals surface area contributed by atoms with Crippen molar-refractivity contribution >= 4 is 35.4 Å². The van der Waals surface area contributed by atoms with Gasteiger partial charge in [-0.1, -0.05) is 36.4 Å². The van der Waals surface area contributed by atoms with E-state index in [1.165, 1.54) is 11.1 Å². The Hall–Kier alpha value is -2.82. The van der Waals surface area contributed by atoms with Gasteiger partial charge in [-0.15, -0.1) is 12.4 Å². The molecule has 0 saturated carbocycles. The number of rotatable bonds is 4. The smallest absolute Gasteiger partial charge is 0.258 e. The molecule has 162 valence electrons. The second-order valence-electron chi connectivity index (χ2n) is 8.15. The van der Waals surface area contributed by atoms with Crippen LogP contribution in [-0.2, 0) is 0 Å². The average Bonchev–Trinajstić information content (AvgIpc) is 2.95. The summed E-state index contributed by atoms with van der Waals surface area (Å²) >= 11 is 0. The number of anilines is 3. The molecule has 0 spiro atoms. The van der Waals surface area contributed by atoms with Crippen molar-refractivity contribution in [3.8, 4) is 0 Å². The minimum Gasteiger partial charge on any atom is -0.355 e. The molecule has 0 fully saturated rings. The summed E-state index contributed by atoms with van der Waals surface area (Å²) in [5, 5.41) is 3.43. The number of fused-ring (bicyclic) bond motifs is 1. The fourth-order valence-electron chi connectivity index (χ4n) is 4.20. The van der Waals surface area contributed by atoms with Crippen LogP contribution in [0.3, 0.4) is 0 Å². The van der Waals surface area contributed by atoms with Crippen LogP contribution in [-0.4, -0.2) is 31.4 Å². The zero-order chi connectivity index (χ0) is 21.1. The van der Waals surface area contributed by atoms with Crippen molar-refractivity contribution in [2.24, 2.45) is 0 Å². The van der Waals surface area contributed by atoms with Gasteiger partial charge in [0.05, 0.1) is 0 Å². The Labute approximate surface area is 191 Å². The van der Waals surface area contributed by atoms with Crippen molar-refractivity contribution in [2.45, 2.75) is 25.8 Å². The minimum atomic E-state index is 0. The van der Waals surface area contributed by atoms with Gasteiger partial charge in [0.25, 0.3) is 5.91 Å². The van der Waals surface area contributed by atoms with Gasteiger partial charge >= 0.3 is 0 Å². The zero-order valence-corrected chi connectivity index (χ0v) is 19.2. The molecule has 0 bridgehead atoms. The van der Waals surface area contributed by atoms with E-state index in [9.17, 15) is 4.79 Å². The van der Waals surface area contributed by atoms with E-state index in [-0.39, 0.29) is 18.3 Å². The molecule has 4 nitrogen and oxygen atoms in total. The Morgan fingerprint density at radius 3 is 2.35 bits per heavy atom. The van der Waals surface area contributed by atoms with E-state index in [4.69, 9.17) is 0 Å². The molecule has 3 aromatic carbocycles. The zero-order valence-electron chi connectivity index (χ0n) is 18.3. The molecule has 4 rings (SSSR count). The summed E-state index contributed by atoms with van der Waals surface area (Å²) in [7, 11) is 4.22. The lowest BCUT2D eigenvalue weighted by Gasteiger charge is -2.27. The van der Waals surface area contributed by atoms with E-state index in [0.717, 1.165) is 36.4 Å². The minimum absolute atomic E-state index is 0. The van der Waals surface area contributed by atoms with Crippen molar-refractivity contribution in [2.75, 3.05) is 30.9 Å². The second-order valence-corrected chi connectivity index (χ2v) is 8.15. The lowest BCUT2D eigenvalue weighted by atomic mass is 10.0. The molecule has 1 aliphatic rings. The monoisotopic (exact) mass is 435 g/mol. The number of carbonyl (C=O) groups excluding carboxylic acids is 1. The molecule has 0 aliphatic carbocycles. The van der Waals surface area contributed by atoms with E-state index in [2.05, 4.69) is 61.6 Å². The van der Waals surface area contributed by atoms with Crippen LogP contribution in [0.2, 0.25) is 0 Å². The van der Waals surface area contributed by atoms with Crippen molar-refractivity contribution < 1.29 is 4.79 Å². The molecule has 1 amide bonds. The number of halogens is 1. The normalized spacial score (nSPS) is 15.6. The number of para-hydroxylation sites is 2. The van der Waals surface area contributed by atoms with Crippen LogP contribution >= 0.6 is 12.4 Å². The molecule has 1 heterocycles. The largest absolute Gasteiger partial charge is 0.355 e. The maximum absolute atomic E-state index is 13.4. The fraction of sp³-hybridized carbons (Fsp3) is 0.269. The molecule has 1 unspecified atom stereocenters. The van der Waals surface area contributed by atoms with Crippen LogP contribution in [0, 0.1) is 6.92 Å². The second kappa shape index (κ2) is 9.99. The van der Waals surface area contributed by atoms with Gasteiger partial charge in [-0.2, -0.15) is 0 Å². The van der Waals surface area contributed by atoms with Gasteiger partial charge in [-0.05, 0) is 81.4 Å². The predicted molar refractivity (Wildman–Crippen MR) is 132 cm³/mol. The number of hydrogen-bond acceptors (Lipinski definition) is 3. The summed E-state index contributed by atoms with van der Waals surface area (Å²) in [6, 6.07) is 24.6. The summed E-state index contributed by atoms with van der Waals surface area (Å²) < 4.78 is 0. The van der Waals surface area contributed by atoms with E-state index in [1.807, 2.05) is 47.4 Å². The predicted octanol–water partition coefficient (Wildman–Crippen LogP) is 6.20. The van der Waals surface area contributed by atoms with Crippen molar-refractivity contribution in [1.82, 2.24) is 4.90 Å². The first-order valence-electron chi connectivity index (χ1n) is 10.5. The molecule has 0 aromatic heterocycles. The molecule has 1 aliphatic heterocycles.